The van der Waals surface area contributed by atoms with Gasteiger partial charge in [0.15, 0.2) is 5.16 Å². The second-order valence-electron chi connectivity index (χ2n) is 5.31. The molecule has 0 saturated heterocycles. The lowest BCUT2D eigenvalue weighted by atomic mass is 10.2. The Kier molecular flexibility index (Phi) is 5.97. The van der Waals surface area contributed by atoms with Crippen molar-refractivity contribution in [1.29, 1.82) is 0 Å². The minimum absolute atomic E-state index is 0.373. The molecule has 0 radical (unpaired) electrons. The average molecular weight is 347 g/mol. The predicted octanol–water partition coefficient (Wildman–Crippen LogP) is 2.21. The predicted molar refractivity (Wildman–Crippen MR) is 93.4 cm³/mol. The fourth-order valence-corrected chi connectivity index (χ4v) is 3.03. The van der Waals surface area contributed by atoms with Crippen molar-refractivity contribution in [3.05, 3.63) is 35.7 Å². The molecule has 0 spiro atoms. The van der Waals surface area contributed by atoms with Crippen LogP contribution >= 0.6 is 11.8 Å². The maximum atomic E-state index is 12.1. The van der Waals surface area contributed by atoms with Gasteiger partial charge in [-0.3, -0.25) is 14.7 Å². The number of urea groups is 1. The molecule has 2 rings (SSSR count). The average Bonchev–Trinajstić information content (AvgIpc) is 2.88. The van der Waals surface area contributed by atoms with E-state index in [1.165, 1.54) is 11.8 Å². The fourth-order valence-electron chi connectivity index (χ4n) is 2.11. The Labute approximate surface area is 145 Å². The standard InChI is InChI=1S/C16H21N5O2S/c1-5-17-15(23)18-14(22)11(3)24-16-20-19-12(4)21(16)13-8-6-7-10(2)9-13/h6-9,11H,5H2,1-4H3,(H2,17,18,22,23)/t11-/m1/s1. The number of amides is 3. The van der Waals surface area contributed by atoms with Crippen LogP contribution in [0.1, 0.15) is 25.2 Å². The number of carbonyl (C=O) groups is 2. The first kappa shape index (κ1) is 18.0. The molecule has 0 saturated carbocycles. The highest BCUT2D eigenvalue weighted by Gasteiger charge is 2.21. The smallest absolute Gasteiger partial charge is 0.321 e. The molecule has 1 aromatic heterocycles. The third kappa shape index (κ3) is 4.35. The number of carbonyl (C=O) groups excluding carboxylic acids is 2. The van der Waals surface area contributed by atoms with Gasteiger partial charge in [-0.2, -0.15) is 0 Å². The van der Waals surface area contributed by atoms with Crippen LogP contribution < -0.4 is 10.6 Å². The zero-order chi connectivity index (χ0) is 17.7. The molecular formula is C16H21N5O2S. The Hall–Kier alpha value is -2.35. The van der Waals surface area contributed by atoms with Crippen molar-refractivity contribution < 1.29 is 9.59 Å². The zero-order valence-electron chi connectivity index (χ0n) is 14.2. The van der Waals surface area contributed by atoms with Gasteiger partial charge >= 0.3 is 6.03 Å². The first-order valence-electron chi connectivity index (χ1n) is 7.66. The van der Waals surface area contributed by atoms with Crippen LogP contribution in [-0.4, -0.2) is 38.5 Å². The van der Waals surface area contributed by atoms with E-state index in [2.05, 4.69) is 20.8 Å². The van der Waals surface area contributed by atoms with Crippen LogP contribution in [0.15, 0.2) is 29.4 Å². The lowest BCUT2D eigenvalue weighted by molar-refractivity contribution is -0.119. The van der Waals surface area contributed by atoms with E-state index in [1.807, 2.05) is 42.7 Å². The number of aryl methyl sites for hydroxylation is 2. The molecule has 0 bridgehead atoms. The van der Waals surface area contributed by atoms with Gasteiger partial charge < -0.3 is 5.32 Å². The molecule has 0 fully saturated rings. The topological polar surface area (TPSA) is 88.9 Å². The third-order valence-electron chi connectivity index (χ3n) is 3.28. The summed E-state index contributed by atoms with van der Waals surface area (Å²) in [7, 11) is 0. The summed E-state index contributed by atoms with van der Waals surface area (Å²) in [4.78, 5) is 23.5. The molecule has 1 heterocycles. The largest absolute Gasteiger partial charge is 0.338 e. The molecule has 128 valence electrons. The molecule has 0 aliphatic heterocycles. The molecule has 1 aromatic carbocycles. The molecule has 0 unspecified atom stereocenters. The molecule has 1 atom stereocenters. The number of hydrogen-bond acceptors (Lipinski definition) is 5. The van der Waals surface area contributed by atoms with Gasteiger partial charge in [0.2, 0.25) is 5.91 Å². The third-order valence-corrected chi connectivity index (χ3v) is 4.32. The fraction of sp³-hybridized carbons (Fsp3) is 0.375. The summed E-state index contributed by atoms with van der Waals surface area (Å²) in [6, 6.07) is 7.47. The van der Waals surface area contributed by atoms with E-state index in [4.69, 9.17) is 0 Å². The van der Waals surface area contributed by atoms with Gasteiger partial charge in [-0.1, -0.05) is 23.9 Å². The SMILES string of the molecule is CCNC(=O)NC(=O)[C@@H](C)Sc1nnc(C)n1-c1cccc(C)c1. The van der Waals surface area contributed by atoms with Gasteiger partial charge in [0, 0.05) is 12.2 Å². The first-order chi connectivity index (χ1) is 11.4. The summed E-state index contributed by atoms with van der Waals surface area (Å²) >= 11 is 1.26. The highest BCUT2D eigenvalue weighted by Crippen LogP contribution is 2.25. The molecule has 2 aromatic rings. The van der Waals surface area contributed by atoms with Gasteiger partial charge in [-0.15, -0.1) is 10.2 Å². The molecule has 8 heteroatoms. The van der Waals surface area contributed by atoms with Crippen molar-refractivity contribution >= 4 is 23.7 Å². The monoisotopic (exact) mass is 347 g/mol. The first-order valence-corrected chi connectivity index (χ1v) is 8.54. The van der Waals surface area contributed by atoms with Crippen molar-refractivity contribution in [3.63, 3.8) is 0 Å². The molecular weight excluding hydrogens is 326 g/mol. The van der Waals surface area contributed by atoms with Crippen molar-refractivity contribution in [1.82, 2.24) is 25.4 Å². The molecule has 2 N–H and O–H groups in total. The van der Waals surface area contributed by atoms with E-state index in [1.54, 1.807) is 13.8 Å². The summed E-state index contributed by atoms with van der Waals surface area (Å²) in [5, 5.41) is 13.2. The Bertz CT molecular complexity index is 744. The quantitative estimate of drug-likeness (QED) is 0.810. The Balaban J connectivity index is 2.16. The van der Waals surface area contributed by atoms with Crippen LogP contribution in [0.3, 0.4) is 0 Å². The van der Waals surface area contributed by atoms with Gasteiger partial charge in [-0.05, 0) is 45.4 Å². The van der Waals surface area contributed by atoms with E-state index < -0.39 is 11.3 Å². The summed E-state index contributed by atoms with van der Waals surface area (Å²) in [6.45, 7) is 7.85. The number of nitrogens with zero attached hydrogens (tertiary/aromatic N) is 3. The zero-order valence-corrected chi connectivity index (χ0v) is 15.0. The highest BCUT2D eigenvalue weighted by molar-refractivity contribution is 8.00. The number of imide groups is 1. The van der Waals surface area contributed by atoms with Gasteiger partial charge in [0.1, 0.15) is 5.82 Å². The van der Waals surface area contributed by atoms with Crippen molar-refractivity contribution in [2.24, 2.45) is 0 Å². The second kappa shape index (κ2) is 7.96. The summed E-state index contributed by atoms with van der Waals surface area (Å²) in [5.41, 5.74) is 2.06. The van der Waals surface area contributed by atoms with Gasteiger partial charge in [0.05, 0.1) is 5.25 Å². The molecule has 24 heavy (non-hydrogen) atoms. The van der Waals surface area contributed by atoms with Crippen LogP contribution in [0.5, 0.6) is 0 Å². The number of aromatic nitrogens is 3. The van der Waals surface area contributed by atoms with E-state index in [9.17, 15) is 9.59 Å². The van der Waals surface area contributed by atoms with Crippen LogP contribution in [-0.2, 0) is 4.79 Å². The minimum atomic E-state index is -0.494. The summed E-state index contributed by atoms with van der Waals surface area (Å²) < 4.78 is 1.90. The normalized spacial score (nSPS) is 11.8. The number of benzene rings is 1. The van der Waals surface area contributed by atoms with Crippen LogP contribution in [0.4, 0.5) is 4.79 Å². The number of thioether (sulfide) groups is 1. The Morgan fingerprint density at radius 1 is 1.29 bits per heavy atom. The van der Waals surface area contributed by atoms with Crippen molar-refractivity contribution in [2.75, 3.05) is 6.54 Å². The second-order valence-corrected chi connectivity index (χ2v) is 6.62. The lowest BCUT2D eigenvalue weighted by Crippen LogP contribution is -2.42. The molecule has 3 amide bonds. The molecule has 7 nitrogen and oxygen atoms in total. The van der Waals surface area contributed by atoms with E-state index in [-0.39, 0.29) is 5.91 Å². The van der Waals surface area contributed by atoms with Crippen molar-refractivity contribution in [2.45, 2.75) is 38.1 Å². The van der Waals surface area contributed by atoms with Crippen LogP contribution in [0, 0.1) is 13.8 Å². The number of hydrogen-bond donors (Lipinski definition) is 2. The number of nitrogens with one attached hydrogen (secondary N) is 2. The van der Waals surface area contributed by atoms with Crippen molar-refractivity contribution in [3.8, 4) is 5.69 Å². The summed E-state index contributed by atoms with van der Waals surface area (Å²) in [6.07, 6.45) is 0. The van der Waals surface area contributed by atoms with Crippen LogP contribution in [0.2, 0.25) is 0 Å². The highest BCUT2D eigenvalue weighted by atomic mass is 32.2. The Morgan fingerprint density at radius 3 is 2.71 bits per heavy atom. The van der Waals surface area contributed by atoms with E-state index >= 15 is 0 Å². The van der Waals surface area contributed by atoms with E-state index in [0.29, 0.717) is 11.7 Å². The minimum Gasteiger partial charge on any atom is -0.338 e. The molecule has 0 aliphatic carbocycles. The number of rotatable bonds is 5. The lowest BCUT2D eigenvalue weighted by Gasteiger charge is -2.13. The van der Waals surface area contributed by atoms with E-state index in [0.717, 1.165) is 17.1 Å². The van der Waals surface area contributed by atoms with Crippen LogP contribution in [0.25, 0.3) is 5.69 Å². The maximum absolute atomic E-state index is 12.1. The summed E-state index contributed by atoms with van der Waals surface area (Å²) in [5.74, 6) is 0.363. The Morgan fingerprint density at radius 2 is 2.04 bits per heavy atom. The van der Waals surface area contributed by atoms with Gasteiger partial charge in [0.25, 0.3) is 0 Å². The van der Waals surface area contributed by atoms with Gasteiger partial charge in [-0.25, -0.2) is 4.79 Å². The molecule has 0 aliphatic rings. The maximum Gasteiger partial charge on any atom is 0.321 e.